The van der Waals surface area contributed by atoms with E-state index in [4.69, 9.17) is 17.3 Å². The molecule has 24 heavy (non-hydrogen) atoms. The number of nitrogens with one attached hydrogen (secondary N) is 1. The smallest absolute Gasteiger partial charge is 0.399 e. The molecule has 0 heterocycles. The lowest BCUT2D eigenvalue weighted by Gasteiger charge is -2.14. The minimum atomic E-state index is -4.59. The number of hydrogen-bond donors (Lipinski definition) is 2. The van der Waals surface area contributed by atoms with Crippen molar-refractivity contribution in [3.8, 4) is 0 Å². The maximum absolute atomic E-state index is 13.0. The Morgan fingerprint density at radius 2 is 1.83 bits per heavy atom. The van der Waals surface area contributed by atoms with Gasteiger partial charge in [0, 0.05) is 27.8 Å². The van der Waals surface area contributed by atoms with E-state index in [-0.39, 0.29) is 17.1 Å². The van der Waals surface area contributed by atoms with Crippen LogP contribution in [-0.2, 0) is 11.0 Å². The molecule has 2 aromatic carbocycles. The summed E-state index contributed by atoms with van der Waals surface area (Å²) in [5, 5.41) is 2.25. The highest BCUT2D eigenvalue weighted by Crippen LogP contribution is 2.36. The van der Waals surface area contributed by atoms with Crippen molar-refractivity contribution in [3.63, 3.8) is 0 Å². The Labute approximate surface area is 146 Å². The van der Waals surface area contributed by atoms with E-state index in [0.29, 0.717) is 11.4 Å². The number of alkyl halides is 3. The monoisotopic (exact) mass is 374 g/mol. The lowest BCUT2D eigenvalue weighted by atomic mass is 10.1. The summed E-state index contributed by atoms with van der Waals surface area (Å²) in [6.07, 6.45) is -4.51. The van der Waals surface area contributed by atoms with Gasteiger partial charge in [-0.2, -0.15) is 13.2 Å². The molecular formula is C16H14ClF3N2OS. The van der Waals surface area contributed by atoms with E-state index in [1.807, 2.05) is 12.1 Å². The summed E-state index contributed by atoms with van der Waals surface area (Å²) < 4.78 is 38.9. The van der Waals surface area contributed by atoms with Gasteiger partial charge >= 0.3 is 6.18 Å². The molecule has 3 nitrogen and oxygen atoms in total. The van der Waals surface area contributed by atoms with Crippen molar-refractivity contribution in [2.75, 3.05) is 16.8 Å². The summed E-state index contributed by atoms with van der Waals surface area (Å²) in [7, 11) is 0. The third kappa shape index (κ3) is 5.35. The molecule has 2 rings (SSSR count). The second-order valence-electron chi connectivity index (χ2n) is 4.90. The summed E-state index contributed by atoms with van der Waals surface area (Å²) in [6.45, 7) is 0. The van der Waals surface area contributed by atoms with E-state index in [9.17, 15) is 18.0 Å². The van der Waals surface area contributed by atoms with Crippen LogP contribution in [0.5, 0.6) is 0 Å². The van der Waals surface area contributed by atoms with Gasteiger partial charge in [-0.05, 0) is 42.5 Å². The van der Waals surface area contributed by atoms with Crippen LogP contribution in [0.2, 0.25) is 5.02 Å². The van der Waals surface area contributed by atoms with Gasteiger partial charge in [-0.1, -0.05) is 11.6 Å². The fourth-order valence-corrected chi connectivity index (χ4v) is 2.92. The second-order valence-corrected chi connectivity index (χ2v) is 6.51. The highest BCUT2D eigenvalue weighted by Gasteiger charge is 2.34. The zero-order chi connectivity index (χ0) is 17.7. The molecule has 0 aromatic heterocycles. The lowest BCUT2D eigenvalue weighted by Crippen LogP contribution is -2.16. The minimum Gasteiger partial charge on any atom is -0.399 e. The number of anilines is 2. The Balaban J connectivity index is 1.94. The molecule has 0 spiro atoms. The number of amides is 1. The number of halogens is 4. The molecular weight excluding hydrogens is 361 g/mol. The molecule has 0 aliphatic rings. The van der Waals surface area contributed by atoms with Crippen molar-refractivity contribution in [1.29, 1.82) is 0 Å². The third-order valence-electron chi connectivity index (χ3n) is 3.04. The number of benzene rings is 2. The molecule has 2 aromatic rings. The van der Waals surface area contributed by atoms with Crippen LogP contribution in [0.25, 0.3) is 0 Å². The molecule has 0 saturated carbocycles. The van der Waals surface area contributed by atoms with Crippen LogP contribution >= 0.6 is 23.4 Å². The van der Waals surface area contributed by atoms with Crippen LogP contribution in [0, 0.1) is 0 Å². The first-order valence-corrected chi connectivity index (χ1v) is 8.27. The van der Waals surface area contributed by atoms with Gasteiger partial charge in [-0.25, -0.2) is 0 Å². The summed E-state index contributed by atoms with van der Waals surface area (Å²) in [5.41, 5.74) is 4.95. The zero-order valence-electron chi connectivity index (χ0n) is 12.4. The summed E-state index contributed by atoms with van der Waals surface area (Å²) in [4.78, 5) is 12.8. The maximum Gasteiger partial charge on any atom is 0.418 e. The zero-order valence-corrected chi connectivity index (χ0v) is 13.9. The first kappa shape index (κ1) is 18.5. The summed E-state index contributed by atoms with van der Waals surface area (Å²) >= 11 is 7.02. The number of hydrogen-bond acceptors (Lipinski definition) is 3. The Kier molecular flexibility index (Phi) is 6.01. The largest absolute Gasteiger partial charge is 0.418 e. The van der Waals surface area contributed by atoms with Gasteiger partial charge in [0.25, 0.3) is 0 Å². The normalized spacial score (nSPS) is 11.3. The topological polar surface area (TPSA) is 55.1 Å². The van der Waals surface area contributed by atoms with Crippen LogP contribution in [0.4, 0.5) is 24.5 Å². The predicted molar refractivity (Wildman–Crippen MR) is 91.3 cm³/mol. The van der Waals surface area contributed by atoms with Crippen LogP contribution in [0.1, 0.15) is 12.0 Å². The van der Waals surface area contributed by atoms with Crippen molar-refractivity contribution in [1.82, 2.24) is 0 Å². The second kappa shape index (κ2) is 7.81. The number of thioether (sulfide) groups is 1. The van der Waals surface area contributed by atoms with Crippen molar-refractivity contribution in [3.05, 3.63) is 53.1 Å². The number of nitrogen functional groups attached to an aromatic ring is 1. The minimum absolute atomic E-state index is 0.0424. The number of nitrogens with two attached hydrogens (primary N) is 1. The molecule has 0 unspecified atom stereocenters. The van der Waals surface area contributed by atoms with Gasteiger partial charge in [0.05, 0.1) is 11.3 Å². The van der Waals surface area contributed by atoms with E-state index in [1.54, 1.807) is 12.1 Å². The maximum atomic E-state index is 13.0. The van der Waals surface area contributed by atoms with Gasteiger partial charge in [0.15, 0.2) is 0 Å². The fraction of sp³-hybridized carbons (Fsp3) is 0.188. The fourth-order valence-electron chi connectivity index (χ4n) is 1.90. The Morgan fingerprint density at radius 1 is 1.17 bits per heavy atom. The quantitative estimate of drug-likeness (QED) is 0.568. The summed E-state index contributed by atoms with van der Waals surface area (Å²) in [5.74, 6) is -0.0594. The van der Waals surface area contributed by atoms with Crippen LogP contribution in [0.15, 0.2) is 47.4 Å². The first-order chi connectivity index (χ1) is 11.3. The molecule has 0 radical (unpaired) electrons. The van der Waals surface area contributed by atoms with Crippen LogP contribution in [0.3, 0.4) is 0 Å². The summed E-state index contributed by atoms with van der Waals surface area (Å²) in [6, 6.07) is 10.4. The molecule has 8 heteroatoms. The van der Waals surface area contributed by atoms with Gasteiger partial charge in [-0.3, -0.25) is 4.79 Å². The molecule has 128 valence electrons. The van der Waals surface area contributed by atoms with Crippen molar-refractivity contribution in [2.45, 2.75) is 17.5 Å². The van der Waals surface area contributed by atoms with Crippen LogP contribution < -0.4 is 11.1 Å². The average Bonchev–Trinajstić information content (AvgIpc) is 2.50. The number of carbonyl (C=O) groups excluding carboxylic acids is 1. The van der Waals surface area contributed by atoms with E-state index in [2.05, 4.69) is 5.32 Å². The average molecular weight is 375 g/mol. The predicted octanol–water partition coefficient (Wildman–Crippen LogP) is 5.06. The van der Waals surface area contributed by atoms with E-state index >= 15 is 0 Å². The Morgan fingerprint density at radius 3 is 2.46 bits per heavy atom. The van der Waals surface area contributed by atoms with Gasteiger partial charge in [0.2, 0.25) is 5.91 Å². The Hall–Kier alpha value is -1.86. The van der Waals surface area contributed by atoms with E-state index in [0.717, 1.165) is 17.0 Å². The molecule has 0 saturated heterocycles. The number of carbonyl (C=O) groups is 1. The van der Waals surface area contributed by atoms with Crippen molar-refractivity contribution >= 4 is 40.6 Å². The van der Waals surface area contributed by atoms with Crippen LogP contribution in [-0.4, -0.2) is 11.7 Å². The highest BCUT2D eigenvalue weighted by molar-refractivity contribution is 7.99. The third-order valence-corrected chi connectivity index (χ3v) is 4.29. The first-order valence-electron chi connectivity index (χ1n) is 6.90. The molecule has 0 aliphatic heterocycles. The molecule has 1 amide bonds. The molecule has 3 N–H and O–H groups in total. The van der Waals surface area contributed by atoms with Gasteiger partial charge in [-0.15, -0.1) is 11.8 Å². The van der Waals surface area contributed by atoms with E-state index in [1.165, 1.54) is 17.8 Å². The highest BCUT2D eigenvalue weighted by atomic mass is 35.5. The standard InChI is InChI=1S/C16H14ClF3N2OS/c17-10-1-6-14(13(9-10)16(18,19)20)22-15(23)7-8-24-12-4-2-11(21)3-5-12/h1-6,9H,7-8,21H2,(H,22,23). The molecule has 0 atom stereocenters. The van der Waals surface area contributed by atoms with Gasteiger partial charge in [0.1, 0.15) is 0 Å². The van der Waals surface area contributed by atoms with E-state index < -0.39 is 17.6 Å². The number of rotatable bonds is 5. The Bertz CT molecular complexity index is 720. The van der Waals surface area contributed by atoms with Crippen molar-refractivity contribution in [2.24, 2.45) is 0 Å². The lowest BCUT2D eigenvalue weighted by molar-refractivity contribution is -0.137. The van der Waals surface area contributed by atoms with Crippen molar-refractivity contribution < 1.29 is 18.0 Å². The molecule has 0 bridgehead atoms. The SMILES string of the molecule is Nc1ccc(SCCC(=O)Nc2ccc(Cl)cc2C(F)(F)F)cc1. The molecule has 0 aliphatic carbocycles. The molecule has 0 fully saturated rings. The van der Waals surface area contributed by atoms with Gasteiger partial charge < -0.3 is 11.1 Å².